The first-order valence-corrected chi connectivity index (χ1v) is 12.4. The number of piperidine rings is 1. The minimum absolute atomic E-state index is 0.0687. The summed E-state index contributed by atoms with van der Waals surface area (Å²) < 4.78 is 17.3. The second kappa shape index (κ2) is 12.4. The van der Waals surface area contributed by atoms with E-state index >= 15 is 0 Å². The molecular weight excluding hydrogens is 474 g/mol. The van der Waals surface area contributed by atoms with Crippen molar-refractivity contribution in [2.24, 2.45) is 0 Å². The number of hydroxylamine groups is 2. The number of hydrogen-bond donors (Lipinski definition) is 1. The molecule has 0 amide bonds. The predicted molar refractivity (Wildman–Crippen MR) is 138 cm³/mol. The van der Waals surface area contributed by atoms with Gasteiger partial charge in [0.2, 0.25) is 11.8 Å². The van der Waals surface area contributed by atoms with E-state index in [1.165, 1.54) is 11.9 Å². The van der Waals surface area contributed by atoms with E-state index in [2.05, 4.69) is 32.4 Å². The highest BCUT2D eigenvalue weighted by atomic mass is 16.8. The number of carbonyl (C=O) groups excluding carboxylic acids is 1. The van der Waals surface area contributed by atoms with Crippen LogP contribution in [-0.4, -0.2) is 51.5 Å². The Morgan fingerprint density at radius 1 is 1.05 bits per heavy atom. The fraction of sp³-hybridized carbons (Fsp3) is 0.407. The van der Waals surface area contributed by atoms with Gasteiger partial charge in [-0.1, -0.05) is 30.3 Å². The first-order chi connectivity index (χ1) is 17.9. The van der Waals surface area contributed by atoms with Crippen LogP contribution in [0.3, 0.4) is 0 Å². The number of benzene rings is 1. The fourth-order valence-corrected chi connectivity index (χ4v) is 3.81. The van der Waals surface area contributed by atoms with E-state index in [4.69, 9.17) is 19.0 Å². The summed E-state index contributed by atoms with van der Waals surface area (Å²) in [4.78, 5) is 30.2. The number of aromatic nitrogens is 3. The Kier molecular flexibility index (Phi) is 8.73. The Morgan fingerprint density at radius 2 is 1.78 bits per heavy atom. The lowest BCUT2D eigenvalue weighted by Gasteiger charge is -2.30. The van der Waals surface area contributed by atoms with Crippen molar-refractivity contribution in [2.75, 3.05) is 18.4 Å². The van der Waals surface area contributed by atoms with Crippen molar-refractivity contribution in [1.29, 1.82) is 0 Å². The summed E-state index contributed by atoms with van der Waals surface area (Å²) in [5.74, 6) is 2.26. The second-order valence-corrected chi connectivity index (χ2v) is 9.08. The standard InChI is InChI=1S/C27H33N5O5/c1-18(2)34-27(33)37-32-14-12-22(13-15-32)35-25-19(3)26(30-17-29-25)36-23-10-11-24(31-20(23)4)28-16-21-8-6-5-7-9-21/h5-11,17-18,22H,12-16H2,1-4H3,(H,28,31). The molecule has 3 aromatic rings. The van der Waals surface area contributed by atoms with Gasteiger partial charge in [-0.05, 0) is 45.4 Å². The Morgan fingerprint density at radius 3 is 2.49 bits per heavy atom. The first kappa shape index (κ1) is 26.2. The molecule has 1 aliphatic heterocycles. The largest absolute Gasteiger partial charge is 0.528 e. The van der Waals surface area contributed by atoms with Crippen LogP contribution in [0.4, 0.5) is 10.6 Å². The van der Waals surface area contributed by atoms with Crippen LogP contribution >= 0.6 is 0 Å². The maximum absolute atomic E-state index is 11.7. The van der Waals surface area contributed by atoms with E-state index < -0.39 is 6.16 Å². The van der Waals surface area contributed by atoms with Crippen molar-refractivity contribution in [2.45, 2.75) is 59.3 Å². The highest BCUT2D eigenvalue weighted by Gasteiger charge is 2.25. The van der Waals surface area contributed by atoms with Crippen LogP contribution in [0, 0.1) is 13.8 Å². The van der Waals surface area contributed by atoms with E-state index in [1.807, 2.05) is 44.2 Å². The molecule has 2 aromatic heterocycles. The topological polar surface area (TPSA) is 108 Å². The van der Waals surface area contributed by atoms with Crippen molar-refractivity contribution < 1.29 is 23.8 Å². The summed E-state index contributed by atoms with van der Waals surface area (Å²) >= 11 is 0. The molecule has 0 spiro atoms. The van der Waals surface area contributed by atoms with Gasteiger partial charge >= 0.3 is 6.16 Å². The highest BCUT2D eigenvalue weighted by molar-refractivity contribution is 5.59. The quantitative estimate of drug-likeness (QED) is 0.388. The Balaban J connectivity index is 1.32. The molecular formula is C27H33N5O5. The molecule has 196 valence electrons. The van der Waals surface area contributed by atoms with E-state index in [0.717, 1.165) is 11.5 Å². The molecule has 10 heteroatoms. The van der Waals surface area contributed by atoms with Gasteiger partial charge in [0, 0.05) is 32.5 Å². The number of nitrogens with one attached hydrogen (secondary N) is 1. The molecule has 0 unspecified atom stereocenters. The third-order valence-electron chi connectivity index (χ3n) is 5.77. The molecule has 1 aliphatic rings. The molecule has 0 atom stereocenters. The van der Waals surface area contributed by atoms with Gasteiger partial charge in [-0.15, -0.1) is 5.06 Å². The number of aryl methyl sites for hydroxylation is 1. The van der Waals surface area contributed by atoms with E-state index in [-0.39, 0.29) is 12.2 Å². The van der Waals surface area contributed by atoms with Crippen molar-refractivity contribution in [1.82, 2.24) is 20.0 Å². The number of nitrogens with zero attached hydrogens (tertiary/aromatic N) is 4. The third kappa shape index (κ3) is 7.53. The summed E-state index contributed by atoms with van der Waals surface area (Å²) in [6.07, 6.45) is 1.80. The van der Waals surface area contributed by atoms with Gasteiger partial charge in [0.15, 0.2) is 5.75 Å². The number of ether oxygens (including phenoxy) is 3. The molecule has 3 heterocycles. The Bertz CT molecular complexity index is 1180. The summed E-state index contributed by atoms with van der Waals surface area (Å²) in [5, 5.41) is 4.93. The lowest BCUT2D eigenvalue weighted by molar-refractivity contribution is -0.151. The zero-order valence-corrected chi connectivity index (χ0v) is 21.6. The van der Waals surface area contributed by atoms with Crippen LogP contribution in [0.15, 0.2) is 48.8 Å². The molecule has 4 rings (SSSR count). The van der Waals surface area contributed by atoms with Gasteiger partial charge in [0.25, 0.3) is 0 Å². The highest BCUT2D eigenvalue weighted by Crippen LogP contribution is 2.30. The second-order valence-electron chi connectivity index (χ2n) is 9.08. The van der Waals surface area contributed by atoms with Gasteiger partial charge in [-0.25, -0.2) is 19.7 Å². The minimum Gasteiger partial charge on any atom is -0.474 e. The number of anilines is 1. The zero-order valence-electron chi connectivity index (χ0n) is 21.6. The number of rotatable bonds is 9. The monoisotopic (exact) mass is 507 g/mol. The lowest BCUT2D eigenvalue weighted by Crippen LogP contribution is -2.40. The number of carbonyl (C=O) groups is 1. The van der Waals surface area contributed by atoms with Crippen LogP contribution in [0.5, 0.6) is 17.5 Å². The average Bonchev–Trinajstić information content (AvgIpc) is 2.88. The van der Waals surface area contributed by atoms with Crippen LogP contribution in [0.25, 0.3) is 0 Å². The normalized spacial score (nSPS) is 14.3. The molecule has 1 saturated heterocycles. The third-order valence-corrected chi connectivity index (χ3v) is 5.77. The van der Waals surface area contributed by atoms with Crippen LogP contribution in [0.2, 0.25) is 0 Å². The van der Waals surface area contributed by atoms with Crippen molar-refractivity contribution in [3.05, 3.63) is 65.6 Å². The summed E-state index contributed by atoms with van der Waals surface area (Å²) in [5.41, 5.74) is 2.62. The Labute approximate surface area is 216 Å². The smallest absolute Gasteiger partial charge is 0.474 e. The summed E-state index contributed by atoms with van der Waals surface area (Å²) in [6.45, 7) is 9.09. The fourth-order valence-electron chi connectivity index (χ4n) is 3.81. The van der Waals surface area contributed by atoms with E-state index in [1.54, 1.807) is 18.9 Å². The maximum atomic E-state index is 11.7. The molecule has 1 aromatic carbocycles. The minimum atomic E-state index is -0.687. The van der Waals surface area contributed by atoms with Gasteiger partial charge in [0.1, 0.15) is 18.2 Å². The molecule has 1 N–H and O–H groups in total. The van der Waals surface area contributed by atoms with Crippen LogP contribution in [0.1, 0.15) is 43.5 Å². The van der Waals surface area contributed by atoms with Gasteiger partial charge in [0.05, 0.1) is 17.4 Å². The number of pyridine rings is 1. The molecule has 0 radical (unpaired) electrons. The first-order valence-electron chi connectivity index (χ1n) is 12.4. The summed E-state index contributed by atoms with van der Waals surface area (Å²) in [6, 6.07) is 13.9. The molecule has 0 saturated carbocycles. The molecule has 10 nitrogen and oxygen atoms in total. The summed E-state index contributed by atoms with van der Waals surface area (Å²) in [7, 11) is 0. The number of hydrogen-bond acceptors (Lipinski definition) is 10. The molecule has 37 heavy (non-hydrogen) atoms. The van der Waals surface area contributed by atoms with Crippen molar-refractivity contribution in [3.63, 3.8) is 0 Å². The zero-order chi connectivity index (χ0) is 26.2. The lowest BCUT2D eigenvalue weighted by atomic mass is 10.1. The van der Waals surface area contributed by atoms with Gasteiger partial charge in [-0.3, -0.25) is 0 Å². The maximum Gasteiger partial charge on any atom is 0.528 e. The van der Waals surface area contributed by atoms with Crippen LogP contribution in [-0.2, 0) is 16.1 Å². The Hall–Kier alpha value is -3.92. The van der Waals surface area contributed by atoms with Gasteiger partial charge in [-0.2, -0.15) is 0 Å². The predicted octanol–water partition coefficient (Wildman–Crippen LogP) is 5.21. The molecule has 0 bridgehead atoms. The molecule has 0 aliphatic carbocycles. The van der Waals surface area contributed by atoms with Crippen LogP contribution < -0.4 is 14.8 Å². The molecule has 1 fully saturated rings. The van der Waals surface area contributed by atoms with Gasteiger partial charge < -0.3 is 24.4 Å². The van der Waals surface area contributed by atoms with E-state index in [0.29, 0.717) is 55.5 Å². The van der Waals surface area contributed by atoms with E-state index in [9.17, 15) is 4.79 Å². The van der Waals surface area contributed by atoms with Crippen molar-refractivity contribution >= 4 is 12.0 Å². The SMILES string of the molecule is Cc1nc(NCc2ccccc2)ccc1Oc1ncnc(OC2CCN(OC(=O)OC(C)C)CC2)c1C. The van der Waals surface area contributed by atoms with Crippen molar-refractivity contribution in [3.8, 4) is 17.5 Å². The average molecular weight is 508 g/mol.